The number of halogens is 1. The molecule has 15 heavy (non-hydrogen) atoms. The molecule has 1 aromatic rings. The van der Waals surface area contributed by atoms with E-state index >= 15 is 0 Å². The van der Waals surface area contributed by atoms with Crippen LogP contribution in [0.1, 0.15) is 28.9 Å². The molecular weight excluding hydrogens is 216 g/mol. The van der Waals surface area contributed by atoms with E-state index in [2.05, 4.69) is 4.98 Å². The summed E-state index contributed by atoms with van der Waals surface area (Å²) in [6.45, 7) is 2.37. The molecule has 80 valence electrons. The predicted octanol–water partition coefficient (Wildman–Crippen LogP) is 1.78. The maximum absolute atomic E-state index is 11.1. The van der Waals surface area contributed by atoms with Crippen molar-refractivity contribution in [1.29, 1.82) is 0 Å². The molecule has 0 aliphatic carbocycles. The number of carboxylic acids is 1. The van der Waals surface area contributed by atoms with Gasteiger partial charge in [-0.05, 0) is 12.5 Å². The van der Waals surface area contributed by atoms with Gasteiger partial charge in [-0.15, -0.1) is 11.6 Å². The molecule has 0 saturated carbocycles. The summed E-state index contributed by atoms with van der Waals surface area (Å²) >= 11 is 5.95. The average Bonchev–Trinajstić information content (AvgIpc) is 2.55. The molecule has 1 unspecified atom stereocenters. The van der Waals surface area contributed by atoms with Gasteiger partial charge >= 0.3 is 5.97 Å². The van der Waals surface area contributed by atoms with Crippen LogP contribution in [0.5, 0.6) is 0 Å². The highest BCUT2D eigenvalue weighted by molar-refractivity contribution is 6.22. The van der Waals surface area contributed by atoms with Crippen LogP contribution in [0.15, 0.2) is 6.08 Å². The molecule has 2 rings (SSSR count). The fourth-order valence-electron chi connectivity index (χ4n) is 1.75. The number of carbonyl (C=O) groups is 1. The van der Waals surface area contributed by atoms with Gasteiger partial charge in [0.15, 0.2) is 5.69 Å². The summed E-state index contributed by atoms with van der Waals surface area (Å²) in [6, 6.07) is 0. The Morgan fingerprint density at radius 2 is 2.53 bits per heavy atom. The maximum Gasteiger partial charge on any atom is 0.354 e. The zero-order valence-corrected chi connectivity index (χ0v) is 9.03. The minimum atomic E-state index is -0.940. The topological polar surface area (TPSA) is 55.1 Å². The first-order chi connectivity index (χ1) is 7.13. The fraction of sp³-hybridized carbons (Fsp3) is 0.400. The Morgan fingerprint density at radius 3 is 3.13 bits per heavy atom. The van der Waals surface area contributed by atoms with Crippen molar-refractivity contribution in [3.63, 3.8) is 0 Å². The number of fused-ring (bicyclic) bond motifs is 1. The smallest absolute Gasteiger partial charge is 0.354 e. The van der Waals surface area contributed by atoms with Gasteiger partial charge in [0.25, 0.3) is 0 Å². The average molecular weight is 227 g/mol. The largest absolute Gasteiger partial charge is 0.477 e. The van der Waals surface area contributed by atoms with E-state index in [-0.39, 0.29) is 11.1 Å². The van der Waals surface area contributed by atoms with E-state index in [9.17, 15) is 4.79 Å². The first-order valence-corrected chi connectivity index (χ1v) is 5.22. The summed E-state index contributed by atoms with van der Waals surface area (Å²) in [4.78, 5) is 15.4. The zero-order chi connectivity index (χ0) is 11.0. The number of nitrogens with zero attached hydrogens (tertiary/aromatic N) is 2. The molecule has 0 bridgehead atoms. The third-order valence-corrected chi connectivity index (χ3v) is 2.70. The van der Waals surface area contributed by atoms with Crippen molar-refractivity contribution in [2.75, 3.05) is 0 Å². The summed E-state index contributed by atoms with van der Waals surface area (Å²) in [5.41, 5.74) is 0.885. The van der Waals surface area contributed by atoms with Gasteiger partial charge in [-0.3, -0.25) is 0 Å². The summed E-state index contributed by atoms with van der Waals surface area (Å²) in [6.07, 6.45) is 4.21. The van der Waals surface area contributed by atoms with Crippen LogP contribution >= 0.6 is 11.6 Å². The van der Waals surface area contributed by atoms with Gasteiger partial charge in [-0.25, -0.2) is 9.78 Å². The lowest BCUT2D eigenvalue weighted by molar-refractivity contribution is 0.0683. The number of allylic oxidation sites excluding steroid dienone is 1. The monoisotopic (exact) mass is 226 g/mol. The number of hydrogen-bond acceptors (Lipinski definition) is 2. The van der Waals surface area contributed by atoms with Gasteiger partial charge in [-0.2, -0.15) is 0 Å². The number of rotatable bonds is 2. The Kier molecular flexibility index (Phi) is 2.52. The Bertz CT molecular complexity index is 437. The third kappa shape index (κ3) is 1.65. The lowest BCUT2D eigenvalue weighted by Crippen LogP contribution is -2.18. The molecule has 0 spiro atoms. The third-order valence-electron chi connectivity index (χ3n) is 2.42. The van der Waals surface area contributed by atoms with Crippen LogP contribution in [0.3, 0.4) is 0 Å². The first-order valence-electron chi connectivity index (χ1n) is 4.78. The van der Waals surface area contributed by atoms with Gasteiger partial charge in [0, 0.05) is 6.54 Å². The molecule has 2 heterocycles. The second-order valence-corrected chi connectivity index (χ2v) is 3.97. The zero-order valence-electron chi connectivity index (χ0n) is 8.27. The quantitative estimate of drug-likeness (QED) is 0.782. The van der Waals surface area contributed by atoms with Crippen molar-refractivity contribution in [1.82, 2.24) is 9.55 Å². The highest BCUT2D eigenvalue weighted by Gasteiger charge is 2.23. The Labute approximate surface area is 92.2 Å². The van der Waals surface area contributed by atoms with Crippen molar-refractivity contribution in [2.45, 2.75) is 25.3 Å². The van der Waals surface area contributed by atoms with Crippen LogP contribution < -0.4 is 0 Å². The molecule has 5 heteroatoms. The number of imidazole rings is 1. The second kappa shape index (κ2) is 3.70. The van der Waals surface area contributed by atoms with Gasteiger partial charge in [-0.1, -0.05) is 13.0 Å². The maximum atomic E-state index is 11.1. The fourth-order valence-corrected chi connectivity index (χ4v) is 1.96. The highest BCUT2D eigenvalue weighted by Crippen LogP contribution is 2.21. The van der Waals surface area contributed by atoms with E-state index in [1.165, 1.54) is 0 Å². The van der Waals surface area contributed by atoms with Crippen LogP contribution in [0.2, 0.25) is 0 Å². The minimum absolute atomic E-state index is 0.158. The Morgan fingerprint density at radius 1 is 1.80 bits per heavy atom. The molecule has 1 aliphatic rings. The van der Waals surface area contributed by atoms with E-state index in [1.807, 2.05) is 13.0 Å². The van der Waals surface area contributed by atoms with Crippen molar-refractivity contribution in [3.8, 4) is 0 Å². The molecule has 0 aromatic carbocycles. The number of aryl methyl sites for hydroxylation is 1. The molecule has 0 fully saturated rings. The summed E-state index contributed by atoms with van der Waals surface area (Å²) in [5.74, 6) is -0.258. The number of alkyl halides is 1. The predicted molar refractivity (Wildman–Crippen MR) is 57.2 cm³/mol. The Hall–Kier alpha value is -1.29. The van der Waals surface area contributed by atoms with Crippen molar-refractivity contribution < 1.29 is 9.90 Å². The van der Waals surface area contributed by atoms with Crippen LogP contribution in [0.4, 0.5) is 0 Å². The van der Waals surface area contributed by atoms with E-state index in [0.29, 0.717) is 24.5 Å². The molecule has 4 nitrogen and oxygen atoms in total. The summed E-state index contributed by atoms with van der Waals surface area (Å²) in [7, 11) is 0. The van der Waals surface area contributed by atoms with Crippen LogP contribution in [0, 0.1) is 0 Å². The molecule has 1 atom stereocenters. The highest BCUT2D eigenvalue weighted by atomic mass is 35.5. The normalized spacial score (nSPS) is 18.9. The van der Waals surface area contributed by atoms with Crippen molar-refractivity contribution in [3.05, 3.63) is 23.3 Å². The SMILES string of the molecule is CCc1nc2n(c1C(=O)O)CC(Cl)C=C2. The Balaban J connectivity index is 2.57. The first kappa shape index (κ1) is 10.2. The van der Waals surface area contributed by atoms with Crippen LogP contribution in [-0.4, -0.2) is 26.0 Å². The van der Waals surface area contributed by atoms with Gasteiger partial charge < -0.3 is 9.67 Å². The van der Waals surface area contributed by atoms with Crippen LogP contribution in [-0.2, 0) is 13.0 Å². The lowest BCUT2D eigenvalue weighted by atomic mass is 10.2. The van der Waals surface area contributed by atoms with E-state index in [4.69, 9.17) is 16.7 Å². The van der Waals surface area contributed by atoms with Gasteiger partial charge in [0.05, 0.1) is 11.1 Å². The summed E-state index contributed by atoms with van der Waals surface area (Å²) < 4.78 is 1.67. The van der Waals surface area contributed by atoms with Crippen LogP contribution in [0.25, 0.3) is 6.08 Å². The second-order valence-electron chi connectivity index (χ2n) is 3.41. The standard InChI is InChI=1S/C10H11ClN2O2/c1-2-7-9(10(14)15)13-5-6(11)3-4-8(13)12-7/h3-4,6H,2,5H2,1H3,(H,14,15). The van der Waals surface area contributed by atoms with Crippen molar-refractivity contribution >= 4 is 23.6 Å². The molecular formula is C10H11ClN2O2. The van der Waals surface area contributed by atoms with E-state index in [0.717, 1.165) is 0 Å². The van der Waals surface area contributed by atoms with Gasteiger partial charge in [0.1, 0.15) is 5.82 Å². The van der Waals surface area contributed by atoms with Crippen molar-refractivity contribution in [2.24, 2.45) is 0 Å². The summed E-state index contributed by atoms with van der Waals surface area (Å²) in [5, 5.41) is 8.94. The van der Waals surface area contributed by atoms with E-state index in [1.54, 1.807) is 10.6 Å². The number of carboxylic acid groups (broad SMARTS) is 1. The van der Waals surface area contributed by atoms with Gasteiger partial charge in [0.2, 0.25) is 0 Å². The molecule has 1 aliphatic heterocycles. The number of hydrogen-bond donors (Lipinski definition) is 1. The molecule has 0 saturated heterocycles. The molecule has 1 aromatic heterocycles. The number of aromatic carboxylic acids is 1. The number of aromatic nitrogens is 2. The van der Waals surface area contributed by atoms with E-state index < -0.39 is 5.97 Å². The molecule has 1 N–H and O–H groups in total. The minimum Gasteiger partial charge on any atom is -0.477 e. The molecule has 0 amide bonds. The lowest BCUT2D eigenvalue weighted by Gasteiger charge is -2.14. The molecule has 0 radical (unpaired) electrons.